The topological polar surface area (TPSA) is 16.3 Å². The molecule has 4 heteroatoms. The second kappa shape index (κ2) is 25.2. The third-order valence-corrected chi connectivity index (χ3v) is 21.3. The molecule has 0 N–H and O–H groups in total. The molecule has 1 aliphatic carbocycles. The number of benzene rings is 16. The molecule has 0 saturated heterocycles. The van der Waals surface area contributed by atoms with E-state index < -0.39 is 0 Å². The average Bonchev–Trinajstić information content (AvgIpc) is 1.59. The molecule has 18 aromatic rings. The van der Waals surface area contributed by atoms with Gasteiger partial charge in [0.05, 0.1) is 22.1 Å². The van der Waals surface area contributed by atoms with Crippen LogP contribution in [0.2, 0.25) is 0 Å². The van der Waals surface area contributed by atoms with Crippen molar-refractivity contribution < 1.29 is 0 Å². The van der Waals surface area contributed by atoms with E-state index in [2.05, 4.69) is 421 Å². The van der Waals surface area contributed by atoms with Crippen LogP contribution in [0.5, 0.6) is 0 Å². The van der Waals surface area contributed by atoms with Crippen LogP contribution in [0, 0.1) is 0 Å². The van der Waals surface area contributed by atoms with Crippen LogP contribution in [0.15, 0.2) is 388 Å². The number of fused-ring (bicyclic) bond motifs is 9. The lowest BCUT2D eigenvalue weighted by atomic mass is 9.81. The van der Waals surface area contributed by atoms with Gasteiger partial charge in [0.15, 0.2) is 0 Å². The van der Waals surface area contributed by atoms with Gasteiger partial charge in [0, 0.05) is 72.5 Å². The molecular weight excluding hydrogens is 1250 g/mol. The highest BCUT2D eigenvalue weighted by molar-refractivity contribution is 6.12. The van der Waals surface area contributed by atoms with Crippen molar-refractivity contribution in [3.63, 3.8) is 0 Å². The van der Waals surface area contributed by atoms with Crippen LogP contribution in [0.1, 0.15) is 25.0 Å². The van der Waals surface area contributed by atoms with Gasteiger partial charge in [0.1, 0.15) is 0 Å². The van der Waals surface area contributed by atoms with Crippen LogP contribution >= 0.6 is 0 Å². The van der Waals surface area contributed by atoms with Crippen molar-refractivity contribution in [1.29, 1.82) is 0 Å². The van der Waals surface area contributed by atoms with E-state index in [1.165, 1.54) is 127 Å². The van der Waals surface area contributed by atoms with Gasteiger partial charge < -0.3 is 18.9 Å². The Kier molecular flexibility index (Phi) is 14.9. The molecule has 0 saturated carbocycles. The molecule has 2 aromatic heterocycles. The zero-order valence-corrected chi connectivity index (χ0v) is 57.2. The molecule has 0 unspecified atom stereocenters. The summed E-state index contributed by atoms with van der Waals surface area (Å²) in [4.78, 5) is 4.79. The number of nitrogens with zero attached hydrogens (tertiary/aromatic N) is 4. The second-order valence-corrected chi connectivity index (χ2v) is 27.7. The fourth-order valence-electron chi connectivity index (χ4n) is 16.1. The Bertz CT molecular complexity index is 6190. The number of hydrogen-bond donors (Lipinski definition) is 0. The van der Waals surface area contributed by atoms with Crippen molar-refractivity contribution >= 4 is 77.7 Å². The maximum Gasteiger partial charge on any atom is 0.0541 e. The van der Waals surface area contributed by atoms with Crippen molar-refractivity contribution in [3.8, 4) is 89.3 Å². The van der Waals surface area contributed by atoms with Gasteiger partial charge in [-0.2, -0.15) is 0 Å². The lowest BCUT2D eigenvalue weighted by Crippen LogP contribution is -2.16. The summed E-state index contributed by atoms with van der Waals surface area (Å²) in [5.74, 6) is 0. The van der Waals surface area contributed by atoms with Crippen LogP contribution in [0.25, 0.3) is 133 Å². The van der Waals surface area contributed by atoms with E-state index in [9.17, 15) is 0 Å². The first-order valence-corrected chi connectivity index (χ1v) is 35.6. The Hall–Kier alpha value is -13.3. The summed E-state index contributed by atoms with van der Waals surface area (Å²) >= 11 is 0. The van der Waals surface area contributed by atoms with Crippen molar-refractivity contribution in [2.75, 3.05) is 9.80 Å². The molecule has 0 fully saturated rings. The van der Waals surface area contributed by atoms with E-state index >= 15 is 0 Å². The van der Waals surface area contributed by atoms with Crippen molar-refractivity contribution in [2.45, 2.75) is 19.3 Å². The molecule has 1 aliphatic rings. The standard InChI is InChI=1S/C99H70N4/c1-99(2)93-65-78(44-58-87(93)88-59-57-86(66-94(88)99)101(84-49-36-70(37-50-84)68-22-9-4-10-23-68)85-55-42-73(43-56-85)77-46-61-98-92(64-77)90-31-16-18-33-96(90)103(98)80-28-13-6-14-29-80)75-25-19-24-74(62-75)71-38-51-82(52-39-71)100(81-47-34-69(35-48-81)67-20-7-3-8-21-67)83-53-40-72(41-54-83)76-45-60-97-91(63-76)89-30-15-17-32-95(89)102(97)79-26-11-5-12-27-79/h3-66H,1-2H3. The van der Waals surface area contributed by atoms with Gasteiger partial charge in [-0.1, -0.05) is 257 Å². The average molecular weight is 1320 g/mol. The fourth-order valence-corrected chi connectivity index (χ4v) is 16.1. The normalized spacial score (nSPS) is 12.3. The van der Waals surface area contributed by atoms with Gasteiger partial charge in [-0.25, -0.2) is 0 Å². The third kappa shape index (κ3) is 10.8. The van der Waals surface area contributed by atoms with E-state index in [0.717, 1.165) is 51.1 Å². The summed E-state index contributed by atoms with van der Waals surface area (Å²) in [5, 5.41) is 4.97. The van der Waals surface area contributed by atoms with Crippen LogP contribution < -0.4 is 9.80 Å². The zero-order valence-electron chi connectivity index (χ0n) is 57.2. The molecule has 0 amide bonds. The molecule has 0 atom stereocenters. The maximum absolute atomic E-state index is 2.45. The summed E-state index contributed by atoms with van der Waals surface area (Å²) in [6.45, 7) is 4.79. The highest BCUT2D eigenvalue weighted by Crippen LogP contribution is 2.52. The fraction of sp³-hybridized carbons (Fsp3) is 0.0303. The van der Waals surface area contributed by atoms with E-state index in [-0.39, 0.29) is 5.41 Å². The van der Waals surface area contributed by atoms with Crippen molar-refractivity contribution in [3.05, 3.63) is 399 Å². The summed E-state index contributed by atoms with van der Waals surface area (Å²) in [7, 11) is 0. The summed E-state index contributed by atoms with van der Waals surface area (Å²) in [6, 6.07) is 143. The molecule has 486 valence electrons. The highest BCUT2D eigenvalue weighted by atomic mass is 15.1. The molecule has 0 radical (unpaired) electrons. The van der Waals surface area contributed by atoms with Crippen molar-refractivity contribution in [2.24, 2.45) is 0 Å². The number of para-hydroxylation sites is 4. The van der Waals surface area contributed by atoms with E-state index in [1.807, 2.05) is 0 Å². The van der Waals surface area contributed by atoms with Crippen LogP contribution in [0.4, 0.5) is 34.1 Å². The Morgan fingerprint density at radius 2 is 0.466 bits per heavy atom. The maximum atomic E-state index is 2.45. The minimum Gasteiger partial charge on any atom is -0.311 e. The smallest absolute Gasteiger partial charge is 0.0541 e. The summed E-state index contributed by atoms with van der Waals surface area (Å²) < 4.78 is 4.75. The number of aromatic nitrogens is 2. The van der Waals surface area contributed by atoms with Gasteiger partial charge in [-0.15, -0.1) is 0 Å². The third-order valence-electron chi connectivity index (χ3n) is 21.3. The monoisotopic (exact) mass is 1310 g/mol. The number of hydrogen-bond acceptors (Lipinski definition) is 2. The highest BCUT2D eigenvalue weighted by Gasteiger charge is 2.37. The quantitative estimate of drug-likeness (QED) is 0.108. The zero-order chi connectivity index (χ0) is 68.5. The van der Waals surface area contributed by atoms with Gasteiger partial charge in [0.25, 0.3) is 0 Å². The lowest BCUT2D eigenvalue weighted by molar-refractivity contribution is 0.660. The van der Waals surface area contributed by atoms with Crippen LogP contribution in [0.3, 0.4) is 0 Å². The first-order chi connectivity index (χ1) is 50.8. The van der Waals surface area contributed by atoms with Crippen LogP contribution in [-0.4, -0.2) is 9.13 Å². The van der Waals surface area contributed by atoms with E-state index in [4.69, 9.17) is 0 Å². The Morgan fingerprint density at radius 3 is 0.893 bits per heavy atom. The first-order valence-electron chi connectivity index (χ1n) is 35.6. The predicted octanol–water partition coefficient (Wildman–Crippen LogP) is 27.1. The van der Waals surface area contributed by atoms with E-state index in [1.54, 1.807) is 0 Å². The second-order valence-electron chi connectivity index (χ2n) is 27.7. The molecule has 0 bridgehead atoms. The SMILES string of the molecule is CC1(C)c2cc(-c3cccc(-c4ccc(N(c5ccc(-c6ccccc6)cc5)c5ccc(-c6ccc7c(c6)c6ccccc6n7-c6ccccc6)cc5)cc4)c3)ccc2-c2ccc(N(c3ccc(-c4ccccc4)cc3)c3ccc(-c4ccc5c(c4)c4ccccc4n5-c4ccccc4)cc3)cc21. The molecule has 2 heterocycles. The van der Waals surface area contributed by atoms with Gasteiger partial charge in [-0.05, 0) is 235 Å². The van der Waals surface area contributed by atoms with Gasteiger partial charge in [0.2, 0.25) is 0 Å². The molecule has 16 aromatic carbocycles. The number of rotatable bonds is 14. The number of anilines is 6. The predicted molar refractivity (Wildman–Crippen MR) is 435 cm³/mol. The Morgan fingerprint density at radius 1 is 0.194 bits per heavy atom. The lowest BCUT2D eigenvalue weighted by Gasteiger charge is -2.28. The Balaban J connectivity index is 0.620. The van der Waals surface area contributed by atoms with Crippen molar-refractivity contribution in [1.82, 2.24) is 9.13 Å². The summed E-state index contributed by atoms with van der Waals surface area (Å²) in [6.07, 6.45) is 0. The summed E-state index contributed by atoms with van der Waals surface area (Å²) in [5.41, 5.74) is 32.8. The largest absolute Gasteiger partial charge is 0.311 e. The molecule has 19 rings (SSSR count). The molecule has 4 nitrogen and oxygen atoms in total. The van der Waals surface area contributed by atoms with Crippen LogP contribution in [-0.2, 0) is 5.41 Å². The van der Waals surface area contributed by atoms with Gasteiger partial charge in [-0.3, -0.25) is 0 Å². The first kappa shape index (κ1) is 60.9. The molecular formula is C99H70N4. The molecule has 0 aliphatic heterocycles. The van der Waals surface area contributed by atoms with E-state index in [0.29, 0.717) is 0 Å². The molecule has 103 heavy (non-hydrogen) atoms. The Labute approximate surface area is 600 Å². The minimum atomic E-state index is -0.285. The minimum absolute atomic E-state index is 0.285. The molecule has 0 spiro atoms. The van der Waals surface area contributed by atoms with Gasteiger partial charge >= 0.3 is 0 Å².